The van der Waals surface area contributed by atoms with E-state index >= 15 is 0 Å². The van der Waals surface area contributed by atoms with Gasteiger partial charge in [-0.3, -0.25) is 4.99 Å². The molecular weight excluding hydrogens is 332 g/mol. The number of nitriles is 1. The molecule has 7 heteroatoms. The summed E-state index contributed by atoms with van der Waals surface area (Å²) in [6.45, 7) is 10.8. The van der Waals surface area contributed by atoms with E-state index in [4.69, 9.17) is 14.7 Å². The van der Waals surface area contributed by atoms with Crippen molar-refractivity contribution in [3.63, 3.8) is 0 Å². The molecule has 0 aromatic rings. The highest BCUT2D eigenvalue weighted by molar-refractivity contribution is 6.06. The SMILES string of the molecule is CN=C1C=C(/N=C2\C=C(N/C(=C\C#N)C(C)(C)O)OC2(C)C)OC1(C)C. The highest BCUT2D eigenvalue weighted by Gasteiger charge is 2.37. The monoisotopic (exact) mass is 358 g/mol. The van der Waals surface area contributed by atoms with Crippen LogP contribution in [0.1, 0.15) is 41.5 Å². The van der Waals surface area contributed by atoms with Crippen LogP contribution in [0.4, 0.5) is 0 Å². The molecule has 2 rings (SSSR count). The predicted octanol–water partition coefficient (Wildman–Crippen LogP) is 2.57. The average Bonchev–Trinajstić information content (AvgIpc) is 2.93. The van der Waals surface area contributed by atoms with Gasteiger partial charge in [0.2, 0.25) is 5.88 Å². The molecule has 2 aliphatic heterocycles. The Morgan fingerprint density at radius 2 is 1.81 bits per heavy atom. The van der Waals surface area contributed by atoms with Gasteiger partial charge in [0, 0.05) is 25.3 Å². The average molecular weight is 358 g/mol. The fourth-order valence-corrected chi connectivity index (χ4v) is 2.59. The summed E-state index contributed by atoms with van der Waals surface area (Å²) in [5, 5.41) is 22.1. The number of aliphatic imine (C=N–C) groups is 2. The lowest BCUT2D eigenvalue weighted by atomic mass is 10.0. The number of hydrogen-bond donors (Lipinski definition) is 2. The van der Waals surface area contributed by atoms with Crippen molar-refractivity contribution in [2.75, 3.05) is 7.05 Å². The van der Waals surface area contributed by atoms with E-state index in [-0.39, 0.29) is 0 Å². The molecule has 0 aromatic heterocycles. The van der Waals surface area contributed by atoms with Gasteiger partial charge in [-0.2, -0.15) is 5.26 Å². The molecule has 0 saturated heterocycles. The predicted molar refractivity (Wildman–Crippen MR) is 100 cm³/mol. The second-order valence-electron chi connectivity index (χ2n) is 7.69. The number of nitrogens with one attached hydrogen (secondary N) is 1. The van der Waals surface area contributed by atoms with E-state index in [9.17, 15) is 5.11 Å². The van der Waals surface area contributed by atoms with E-state index in [1.54, 1.807) is 33.0 Å². The smallest absolute Gasteiger partial charge is 0.216 e. The Bertz CT molecular complexity index is 785. The van der Waals surface area contributed by atoms with Crippen LogP contribution in [0.3, 0.4) is 0 Å². The summed E-state index contributed by atoms with van der Waals surface area (Å²) in [5.41, 5.74) is -0.617. The van der Waals surface area contributed by atoms with Crippen LogP contribution < -0.4 is 5.32 Å². The molecule has 2 heterocycles. The second kappa shape index (κ2) is 6.61. The van der Waals surface area contributed by atoms with E-state index in [0.29, 0.717) is 23.2 Å². The molecule has 2 N–H and O–H groups in total. The van der Waals surface area contributed by atoms with Crippen LogP contribution in [0.15, 0.2) is 45.7 Å². The van der Waals surface area contributed by atoms with Crippen LogP contribution in [0.25, 0.3) is 0 Å². The lowest BCUT2D eigenvalue weighted by Crippen LogP contribution is -2.34. The molecule has 140 valence electrons. The molecule has 0 amide bonds. The largest absolute Gasteiger partial charge is 0.466 e. The molecule has 7 nitrogen and oxygen atoms in total. The van der Waals surface area contributed by atoms with Crippen molar-refractivity contribution >= 4 is 11.4 Å². The lowest BCUT2D eigenvalue weighted by Gasteiger charge is -2.25. The standard InChI is InChI=1S/C19H26N4O3/c1-17(2,24)12(8-9-20)22-16-11-14(19(5,6)26-16)23-15-10-13(21-7)18(3,4)25-15/h8,10-11,22,24H,1-7H3/b12-8-,21-13?,23-14+. The summed E-state index contributed by atoms with van der Waals surface area (Å²) in [6, 6.07) is 1.92. The molecule has 0 spiro atoms. The fourth-order valence-electron chi connectivity index (χ4n) is 2.59. The van der Waals surface area contributed by atoms with Crippen LogP contribution >= 0.6 is 0 Å². The first kappa shape index (κ1) is 19.7. The third kappa shape index (κ3) is 4.14. The molecular formula is C19H26N4O3. The van der Waals surface area contributed by atoms with Gasteiger partial charge in [-0.15, -0.1) is 0 Å². The lowest BCUT2D eigenvalue weighted by molar-refractivity contribution is 0.0793. The van der Waals surface area contributed by atoms with Gasteiger partial charge in [0.15, 0.2) is 5.88 Å². The number of hydrogen-bond acceptors (Lipinski definition) is 7. The van der Waals surface area contributed by atoms with Gasteiger partial charge in [-0.25, -0.2) is 4.99 Å². The minimum atomic E-state index is -1.21. The quantitative estimate of drug-likeness (QED) is 0.753. The molecule has 0 saturated carbocycles. The zero-order chi connectivity index (χ0) is 19.8. The van der Waals surface area contributed by atoms with Crippen LogP contribution in [0.2, 0.25) is 0 Å². The molecule has 26 heavy (non-hydrogen) atoms. The van der Waals surface area contributed by atoms with Crippen molar-refractivity contribution in [2.24, 2.45) is 9.98 Å². The number of rotatable bonds is 4. The van der Waals surface area contributed by atoms with Crippen molar-refractivity contribution in [3.05, 3.63) is 35.7 Å². The van der Waals surface area contributed by atoms with Gasteiger partial charge < -0.3 is 19.9 Å². The zero-order valence-electron chi connectivity index (χ0n) is 16.3. The van der Waals surface area contributed by atoms with E-state index in [1.165, 1.54) is 6.08 Å². The Balaban J connectivity index is 2.31. The first-order chi connectivity index (χ1) is 11.9. The summed E-state index contributed by atoms with van der Waals surface area (Å²) in [7, 11) is 1.72. The van der Waals surface area contributed by atoms with E-state index in [1.807, 2.05) is 33.8 Å². The molecule has 0 aromatic carbocycles. The van der Waals surface area contributed by atoms with Crippen molar-refractivity contribution in [1.82, 2.24) is 5.32 Å². The van der Waals surface area contributed by atoms with Gasteiger partial charge in [-0.1, -0.05) is 0 Å². The maximum absolute atomic E-state index is 10.2. The minimum absolute atomic E-state index is 0.334. The first-order valence-electron chi connectivity index (χ1n) is 8.36. The summed E-state index contributed by atoms with van der Waals surface area (Å²) in [5.74, 6) is 0.870. The van der Waals surface area contributed by atoms with E-state index in [2.05, 4.69) is 15.3 Å². The summed E-state index contributed by atoms with van der Waals surface area (Å²) >= 11 is 0. The molecule has 0 radical (unpaired) electrons. The maximum Gasteiger partial charge on any atom is 0.216 e. The van der Waals surface area contributed by atoms with Crippen molar-refractivity contribution in [2.45, 2.75) is 58.3 Å². The number of ether oxygens (including phenoxy) is 2. The number of allylic oxidation sites excluding steroid dienone is 1. The molecule has 0 bridgehead atoms. The first-order valence-corrected chi connectivity index (χ1v) is 8.36. The Kier molecular flexibility index (Phi) is 5.02. The zero-order valence-corrected chi connectivity index (χ0v) is 16.3. The number of nitrogens with zero attached hydrogens (tertiary/aromatic N) is 3. The van der Waals surface area contributed by atoms with E-state index in [0.717, 1.165) is 5.71 Å². The van der Waals surface area contributed by atoms with Crippen LogP contribution in [0, 0.1) is 11.3 Å². The van der Waals surface area contributed by atoms with Crippen molar-refractivity contribution < 1.29 is 14.6 Å². The van der Waals surface area contributed by atoms with Gasteiger partial charge in [-0.05, 0) is 41.5 Å². The fraction of sp³-hybridized carbons (Fsp3) is 0.526. The number of aliphatic hydroxyl groups is 1. The summed E-state index contributed by atoms with van der Waals surface area (Å²) in [6.07, 6.45) is 4.79. The minimum Gasteiger partial charge on any atom is -0.466 e. The Morgan fingerprint density at radius 1 is 1.19 bits per heavy atom. The Labute approximate surface area is 154 Å². The molecule has 0 atom stereocenters. The maximum atomic E-state index is 10.2. The molecule has 2 aliphatic rings. The topological polar surface area (TPSA) is 99.2 Å². The van der Waals surface area contributed by atoms with Crippen molar-refractivity contribution in [3.8, 4) is 6.07 Å². The summed E-state index contributed by atoms with van der Waals surface area (Å²) in [4.78, 5) is 8.80. The third-order valence-electron chi connectivity index (χ3n) is 4.08. The van der Waals surface area contributed by atoms with Gasteiger partial charge >= 0.3 is 0 Å². The molecule has 0 fully saturated rings. The second-order valence-corrected chi connectivity index (χ2v) is 7.69. The third-order valence-corrected chi connectivity index (χ3v) is 4.08. The Hall–Kier alpha value is -2.59. The van der Waals surface area contributed by atoms with Crippen LogP contribution in [0.5, 0.6) is 0 Å². The van der Waals surface area contributed by atoms with Crippen molar-refractivity contribution in [1.29, 1.82) is 5.26 Å². The summed E-state index contributed by atoms with van der Waals surface area (Å²) < 4.78 is 11.8. The molecule has 0 aliphatic carbocycles. The van der Waals surface area contributed by atoms with Gasteiger partial charge in [0.25, 0.3) is 0 Å². The Morgan fingerprint density at radius 3 is 2.31 bits per heavy atom. The highest BCUT2D eigenvalue weighted by Crippen LogP contribution is 2.30. The highest BCUT2D eigenvalue weighted by atomic mass is 16.5. The van der Waals surface area contributed by atoms with Gasteiger partial charge in [0.1, 0.15) is 11.2 Å². The van der Waals surface area contributed by atoms with Crippen LogP contribution in [-0.2, 0) is 9.47 Å². The van der Waals surface area contributed by atoms with Gasteiger partial charge in [0.05, 0.1) is 28.8 Å². The molecule has 0 unspecified atom stereocenters. The normalized spacial score (nSPS) is 24.7. The van der Waals surface area contributed by atoms with Crippen LogP contribution in [-0.4, -0.2) is 40.4 Å². The van der Waals surface area contributed by atoms with E-state index < -0.39 is 16.8 Å².